The van der Waals surface area contributed by atoms with E-state index in [9.17, 15) is 8.78 Å². The molecule has 1 nitrogen and oxygen atoms in total. The Kier molecular flexibility index (Phi) is 2.98. The van der Waals surface area contributed by atoms with Crippen molar-refractivity contribution in [2.45, 2.75) is 26.2 Å². The zero-order valence-corrected chi connectivity index (χ0v) is 11.1. The molecule has 19 heavy (non-hydrogen) atoms. The van der Waals surface area contributed by atoms with Crippen molar-refractivity contribution >= 4 is 16.5 Å². The standard InChI is InChI=1S/C16H15F2N/c1-5-11-14-9(7-13(17)15(11)18)6-10(19)8-12(14)16(2,3)4/h1,6-8H,19H2,2-4H3. The van der Waals surface area contributed by atoms with E-state index in [-0.39, 0.29) is 11.0 Å². The van der Waals surface area contributed by atoms with Crippen LogP contribution in [0.15, 0.2) is 18.2 Å². The lowest BCUT2D eigenvalue weighted by Crippen LogP contribution is -2.13. The van der Waals surface area contributed by atoms with E-state index >= 15 is 0 Å². The summed E-state index contributed by atoms with van der Waals surface area (Å²) < 4.78 is 27.4. The first kappa shape index (κ1) is 13.4. The zero-order chi connectivity index (χ0) is 14.4. The third kappa shape index (κ3) is 2.15. The molecule has 2 aromatic carbocycles. The molecule has 0 bridgehead atoms. The first-order valence-corrected chi connectivity index (χ1v) is 5.94. The summed E-state index contributed by atoms with van der Waals surface area (Å²) in [7, 11) is 0. The van der Waals surface area contributed by atoms with Gasteiger partial charge in [-0.05, 0) is 34.6 Å². The van der Waals surface area contributed by atoms with Crippen molar-refractivity contribution in [2.75, 3.05) is 5.73 Å². The monoisotopic (exact) mass is 259 g/mol. The van der Waals surface area contributed by atoms with Crippen LogP contribution in [0.25, 0.3) is 10.8 Å². The van der Waals surface area contributed by atoms with Crippen LogP contribution in [0.1, 0.15) is 31.9 Å². The van der Waals surface area contributed by atoms with Crippen LogP contribution >= 0.6 is 0 Å². The summed E-state index contributed by atoms with van der Waals surface area (Å²) in [5.41, 5.74) is 6.84. The molecule has 3 heteroatoms. The molecule has 0 atom stereocenters. The van der Waals surface area contributed by atoms with Crippen LogP contribution in [0.4, 0.5) is 14.5 Å². The van der Waals surface area contributed by atoms with Crippen LogP contribution < -0.4 is 5.73 Å². The molecule has 0 aliphatic rings. The van der Waals surface area contributed by atoms with E-state index in [0.29, 0.717) is 16.5 Å². The number of terminal acetylenes is 1. The summed E-state index contributed by atoms with van der Waals surface area (Å²) in [5, 5.41) is 1.08. The highest BCUT2D eigenvalue weighted by Gasteiger charge is 2.22. The molecule has 2 N–H and O–H groups in total. The molecule has 0 heterocycles. The average Bonchev–Trinajstić information content (AvgIpc) is 2.29. The summed E-state index contributed by atoms with van der Waals surface area (Å²) in [6.07, 6.45) is 5.35. The van der Waals surface area contributed by atoms with Gasteiger partial charge in [0.25, 0.3) is 0 Å². The van der Waals surface area contributed by atoms with Crippen LogP contribution in [0, 0.1) is 24.0 Å². The van der Waals surface area contributed by atoms with Crippen LogP contribution in [0.2, 0.25) is 0 Å². The first-order valence-electron chi connectivity index (χ1n) is 5.94. The summed E-state index contributed by atoms with van der Waals surface area (Å²) in [4.78, 5) is 0. The number of fused-ring (bicyclic) bond motifs is 1. The number of benzene rings is 2. The predicted molar refractivity (Wildman–Crippen MR) is 74.9 cm³/mol. The van der Waals surface area contributed by atoms with Gasteiger partial charge in [-0.25, -0.2) is 8.78 Å². The van der Waals surface area contributed by atoms with Gasteiger partial charge in [0.05, 0.1) is 5.56 Å². The zero-order valence-electron chi connectivity index (χ0n) is 11.1. The smallest absolute Gasteiger partial charge is 0.175 e. The summed E-state index contributed by atoms with van der Waals surface area (Å²) in [6, 6.07) is 4.51. The van der Waals surface area contributed by atoms with Crippen LogP contribution in [-0.4, -0.2) is 0 Å². The lowest BCUT2D eigenvalue weighted by atomic mass is 9.82. The quantitative estimate of drug-likeness (QED) is 0.562. The fourth-order valence-corrected chi connectivity index (χ4v) is 2.24. The Morgan fingerprint density at radius 3 is 2.32 bits per heavy atom. The van der Waals surface area contributed by atoms with Gasteiger partial charge in [0.1, 0.15) is 0 Å². The molecule has 2 rings (SSSR count). The van der Waals surface area contributed by atoms with Crippen molar-refractivity contribution in [2.24, 2.45) is 0 Å². The van der Waals surface area contributed by atoms with E-state index in [0.717, 1.165) is 11.6 Å². The normalized spacial score (nSPS) is 11.6. The summed E-state index contributed by atoms with van der Waals surface area (Å²) >= 11 is 0. The van der Waals surface area contributed by atoms with Gasteiger partial charge in [0.15, 0.2) is 11.6 Å². The number of hydrogen-bond donors (Lipinski definition) is 1. The lowest BCUT2D eigenvalue weighted by Gasteiger charge is -2.23. The molecule has 98 valence electrons. The molecule has 0 spiro atoms. The molecule has 0 radical (unpaired) electrons. The van der Waals surface area contributed by atoms with Gasteiger partial charge < -0.3 is 5.73 Å². The fourth-order valence-electron chi connectivity index (χ4n) is 2.24. The molecule has 0 saturated heterocycles. The van der Waals surface area contributed by atoms with Crippen LogP contribution in [0.5, 0.6) is 0 Å². The van der Waals surface area contributed by atoms with Gasteiger partial charge >= 0.3 is 0 Å². The molecule has 0 aliphatic heterocycles. The van der Waals surface area contributed by atoms with Gasteiger partial charge in [0, 0.05) is 11.1 Å². The number of anilines is 1. The second-order valence-corrected chi connectivity index (χ2v) is 5.61. The fraction of sp³-hybridized carbons (Fsp3) is 0.250. The number of hydrogen-bond acceptors (Lipinski definition) is 1. The Bertz CT molecular complexity index is 703. The Morgan fingerprint density at radius 1 is 1.16 bits per heavy atom. The Labute approximate surface area is 111 Å². The van der Waals surface area contributed by atoms with E-state index < -0.39 is 11.6 Å². The SMILES string of the molecule is C#Cc1c(F)c(F)cc2cc(N)cc(C(C)(C)C)c12. The number of nitrogens with two attached hydrogens (primary N) is 1. The van der Waals surface area contributed by atoms with E-state index in [1.165, 1.54) is 0 Å². The Morgan fingerprint density at radius 2 is 1.79 bits per heavy atom. The van der Waals surface area contributed by atoms with Crippen LogP contribution in [-0.2, 0) is 5.41 Å². The molecule has 0 unspecified atom stereocenters. The highest BCUT2D eigenvalue weighted by molar-refractivity contribution is 5.94. The third-order valence-electron chi connectivity index (χ3n) is 3.10. The molecule has 0 saturated carbocycles. The molecular formula is C16H15F2N. The molecule has 0 amide bonds. The molecule has 0 aliphatic carbocycles. The maximum Gasteiger partial charge on any atom is 0.175 e. The lowest BCUT2D eigenvalue weighted by molar-refractivity contribution is 0.508. The summed E-state index contributed by atoms with van der Waals surface area (Å²) in [5.74, 6) is 0.321. The second kappa shape index (κ2) is 4.24. The largest absolute Gasteiger partial charge is 0.399 e. The minimum Gasteiger partial charge on any atom is -0.399 e. The number of nitrogen functional groups attached to an aromatic ring is 1. The van der Waals surface area contributed by atoms with E-state index in [1.54, 1.807) is 12.1 Å². The average molecular weight is 259 g/mol. The van der Waals surface area contributed by atoms with Gasteiger partial charge in [-0.2, -0.15) is 0 Å². The first-order chi connectivity index (χ1) is 8.75. The van der Waals surface area contributed by atoms with Crippen molar-refractivity contribution in [3.63, 3.8) is 0 Å². The maximum atomic E-state index is 13.9. The maximum absolute atomic E-state index is 13.9. The van der Waals surface area contributed by atoms with Crippen molar-refractivity contribution in [3.8, 4) is 12.3 Å². The van der Waals surface area contributed by atoms with Gasteiger partial charge in [-0.15, -0.1) is 6.42 Å². The van der Waals surface area contributed by atoms with Gasteiger partial charge in [-0.1, -0.05) is 26.7 Å². The van der Waals surface area contributed by atoms with Crippen molar-refractivity contribution < 1.29 is 8.78 Å². The Balaban J connectivity index is 3.06. The van der Waals surface area contributed by atoms with Gasteiger partial charge in [0.2, 0.25) is 0 Å². The van der Waals surface area contributed by atoms with E-state index in [2.05, 4.69) is 5.92 Å². The predicted octanol–water partition coefficient (Wildman–Crippen LogP) is 3.98. The van der Waals surface area contributed by atoms with E-state index in [1.807, 2.05) is 20.8 Å². The Hall–Kier alpha value is -2.08. The summed E-state index contributed by atoms with van der Waals surface area (Å²) in [6.45, 7) is 5.92. The molecule has 2 aromatic rings. The van der Waals surface area contributed by atoms with Crippen LogP contribution in [0.3, 0.4) is 0 Å². The highest BCUT2D eigenvalue weighted by atomic mass is 19.2. The van der Waals surface area contributed by atoms with Crippen molar-refractivity contribution in [1.82, 2.24) is 0 Å². The number of rotatable bonds is 0. The van der Waals surface area contributed by atoms with E-state index in [4.69, 9.17) is 12.2 Å². The second-order valence-electron chi connectivity index (χ2n) is 5.61. The van der Waals surface area contributed by atoms with Crippen molar-refractivity contribution in [3.05, 3.63) is 41.0 Å². The third-order valence-corrected chi connectivity index (χ3v) is 3.10. The minimum atomic E-state index is -0.981. The molecular weight excluding hydrogens is 244 g/mol. The van der Waals surface area contributed by atoms with Crippen molar-refractivity contribution in [1.29, 1.82) is 0 Å². The highest BCUT2D eigenvalue weighted by Crippen LogP contribution is 2.35. The topological polar surface area (TPSA) is 26.0 Å². The number of halogens is 2. The minimum absolute atomic E-state index is 0.0417. The molecule has 0 aromatic heterocycles. The van der Waals surface area contributed by atoms with Gasteiger partial charge in [-0.3, -0.25) is 0 Å². The molecule has 0 fully saturated rings.